The van der Waals surface area contributed by atoms with Gasteiger partial charge in [0.1, 0.15) is 47.0 Å². The van der Waals surface area contributed by atoms with Crippen LogP contribution in [0.1, 0.15) is 26.8 Å². The zero-order valence-corrected chi connectivity index (χ0v) is 37.7. The summed E-state index contributed by atoms with van der Waals surface area (Å²) in [5.74, 6) is 0.414. The molecular formula is C37H39Cl2IN7O2P5. The molecule has 54 heavy (non-hydrogen) atoms. The van der Waals surface area contributed by atoms with Crippen LogP contribution in [0.5, 0.6) is 5.75 Å². The van der Waals surface area contributed by atoms with E-state index in [1.165, 1.54) is 12.7 Å². The maximum Gasteiger partial charge on any atom is 0.150 e. The second kappa shape index (κ2) is 19.7. The highest BCUT2D eigenvalue weighted by atomic mass is 127. The van der Waals surface area contributed by atoms with Gasteiger partial charge in [-0.15, -0.1) is 36.6 Å². The number of benzene rings is 3. The Labute approximate surface area is 350 Å². The van der Waals surface area contributed by atoms with Crippen LogP contribution in [0.25, 0.3) is 44.6 Å². The third-order valence-electron chi connectivity index (χ3n) is 7.34. The molecule has 7 aromatic rings. The summed E-state index contributed by atoms with van der Waals surface area (Å²) in [5, 5.41) is 22.0. The third-order valence-corrected chi connectivity index (χ3v) is 15.2. The first-order chi connectivity index (χ1) is 25.2. The van der Waals surface area contributed by atoms with Crippen molar-refractivity contribution < 1.29 is 9.84 Å². The molecule has 280 valence electrons. The fourth-order valence-corrected chi connectivity index (χ4v) is 6.36. The van der Waals surface area contributed by atoms with Gasteiger partial charge in [-0.1, -0.05) is 81.4 Å². The molecular weight excluding hydrogens is 927 g/mol. The second-order valence-electron chi connectivity index (χ2n) is 12.2. The average Bonchev–Trinajstić information content (AvgIpc) is 3.71. The molecule has 0 aliphatic carbocycles. The van der Waals surface area contributed by atoms with Gasteiger partial charge in [-0.05, 0) is 78.4 Å². The van der Waals surface area contributed by atoms with Crippen LogP contribution in [0, 0.1) is 14.9 Å². The van der Waals surface area contributed by atoms with E-state index in [1.54, 1.807) is 26.0 Å². The molecule has 3 aromatic carbocycles. The van der Waals surface area contributed by atoms with E-state index in [1.807, 2.05) is 88.3 Å². The van der Waals surface area contributed by atoms with Crippen molar-refractivity contribution in [2.75, 3.05) is 6.61 Å². The summed E-state index contributed by atoms with van der Waals surface area (Å²) in [5.41, 5.74) is 4.48. The van der Waals surface area contributed by atoms with E-state index in [9.17, 15) is 10.4 Å². The van der Waals surface area contributed by atoms with Gasteiger partial charge in [0, 0.05) is 37.3 Å². The topological polar surface area (TPSA) is 115 Å². The van der Waals surface area contributed by atoms with Crippen LogP contribution in [0.15, 0.2) is 104 Å². The number of aliphatic hydroxyl groups is 1. The second-order valence-corrected chi connectivity index (χ2v) is 22.7. The average molecular weight is 966 g/mol. The van der Waals surface area contributed by atoms with Crippen molar-refractivity contribution in [2.45, 2.75) is 31.3 Å². The largest absolute Gasteiger partial charge is 0.489 e. The lowest BCUT2D eigenvalue weighted by Gasteiger charge is -2.18. The highest BCUT2D eigenvalue weighted by molar-refractivity contribution is 14.1. The minimum atomic E-state index is -1.00. The van der Waals surface area contributed by atoms with E-state index in [4.69, 9.17) is 27.9 Å². The minimum absolute atomic E-state index is 0. The van der Waals surface area contributed by atoms with Crippen molar-refractivity contribution in [3.63, 3.8) is 0 Å². The van der Waals surface area contributed by atoms with Gasteiger partial charge in [-0.2, -0.15) is 5.26 Å². The summed E-state index contributed by atoms with van der Waals surface area (Å²) in [6.45, 7) is 3.37. The number of halogens is 3. The summed E-state index contributed by atoms with van der Waals surface area (Å²) in [4.78, 5) is 16.9. The maximum atomic E-state index is 9.90. The number of nitriles is 1. The van der Waals surface area contributed by atoms with Crippen LogP contribution in [-0.4, -0.2) is 50.8 Å². The molecule has 0 aliphatic rings. The number of para-hydroxylation sites is 2. The summed E-state index contributed by atoms with van der Waals surface area (Å²) >= 11 is 14.8. The molecule has 0 radical (unpaired) electrons. The van der Waals surface area contributed by atoms with E-state index in [0.29, 0.717) is 32.7 Å². The van der Waals surface area contributed by atoms with Gasteiger partial charge in [0.2, 0.25) is 0 Å². The quantitative estimate of drug-likeness (QED) is 0.0961. The molecule has 5 atom stereocenters. The van der Waals surface area contributed by atoms with E-state index in [2.05, 4.69) is 85.2 Å². The Morgan fingerprint density at radius 3 is 1.83 bits per heavy atom. The number of rotatable bonds is 7. The van der Waals surface area contributed by atoms with E-state index in [-0.39, 0.29) is 18.4 Å². The molecule has 0 saturated heterocycles. The number of ether oxygens (including phenoxy) is 1. The van der Waals surface area contributed by atoms with Gasteiger partial charge in [-0.3, -0.25) is 0 Å². The normalized spacial score (nSPS) is 11.4. The monoisotopic (exact) mass is 965 g/mol. The molecule has 0 amide bonds. The summed E-state index contributed by atoms with van der Waals surface area (Å²) in [6.07, 6.45) is 6.87. The lowest BCUT2D eigenvalue weighted by Crippen LogP contribution is -2.28. The van der Waals surface area contributed by atoms with Crippen LogP contribution in [0.2, 0.25) is 10.3 Å². The number of hydrogen-bond acceptors (Lipinski definition) is 7. The summed E-state index contributed by atoms with van der Waals surface area (Å²) < 4.78 is 10.9. The Hall–Kier alpha value is -2.39. The molecule has 9 nitrogen and oxygen atoms in total. The van der Waals surface area contributed by atoms with E-state index < -0.39 is 5.60 Å². The highest BCUT2D eigenvalue weighted by Crippen LogP contribution is 2.53. The Kier molecular flexibility index (Phi) is 16.1. The predicted molar refractivity (Wildman–Crippen MR) is 249 cm³/mol. The first kappa shape index (κ1) is 44.3. The Morgan fingerprint density at radius 2 is 1.33 bits per heavy atom. The lowest BCUT2D eigenvalue weighted by molar-refractivity contribution is 0.0284. The highest BCUT2D eigenvalue weighted by Gasteiger charge is 2.19. The first-order valence-corrected chi connectivity index (χ1v) is 22.1. The van der Waals surface area contributed by atoms with Crippen molar-refractivity contribution >= 4 is 113 Å². The molecule has 0 fully saturated rings. The molecule has 5 unspecified atom stereocenters. The Bertz CT molecular complexity index is 2380. The predicted octanol–water partition coefficient (Wildman–Crippen LogP) is 10.8. The van der Waals surface area contributed by atoms with Gasteiger partial charge in [0.25, 0.3) is 0 Å². The number of aromatic nitrogens is 6. The van der Waals surface area contributed by atoms with E-state index in [0.717, 1.165) is 45.4 Å². The molecule has 1 N–H and O–H groups in total. The van der Waals surface area contributed by atoms with Crippen molar-refractivity contribution in [3.8, 4) is 34.3 Å². The van der Waals surface area contributed by atoms with Crippen molar-refractivity contribution in [3.05, 3.63) is 123 Å². The third kappa shape index (κ3) is 11.4. The molecule has 0 spiro atoms. The molecule has 4 heterocycles. The van der Waals surface area contributed by atoms with E-state index >= 15 is 0 Å². The zero-order valence-electron chi connectivity index (χ0n) is 28.5. The summed E-state index contributed by atoms with van der Waals surface area (Å²) in [6, 6.07) is 27.3. The van der Waals surface area contributed by atoms with Gasteiger partial charge >= 0.3 is 0 Å². The number of fused-ring (bicyclic) bond motifs is 2. The van der Waals surface area contributed by atoms with Gasteiger partial charge in [0.15, 0.2) is 5.65 Å². The van der Waals surface area contributed by atoms with Crippen LogP contribution >= 0.6 is 90.7 Å². The zero-order chi connectivity index (χ0) is 38.3. The molecule has 0 bridgehead atoms. The van der Waals surface area contributed by atoms with Crippen molar-refractivity contribution in [1.82, 2.24) is 29.1 Å². The minimum Gasteiger partial charge on any atom is -0.489 e. The van der Waals surface area contributed by atoms with Crippen LogP contribution in [0.3, 0.4) is 0 Å². The van der Waals surface area contributed by atoms with Crippen LogP contribution in [-0.2, 0) is 0 Å². The van der Waals surface area contributed by atoms with Crippen molar-refractivity contribution in [1.29, 1.82) is 5.26 Å². The molecule has 7 rings (SSSR count). The van der Waals surface area contributed by atoms with Crippen molar-refractivity contribution in [2.24, 2.45) is 0 Å². The number of hydrogen-bond donors (Lipinski definition) is 1. The molecule has 4 aromatic heterocycles. The smallest absolute Gasteiger partial charge is 0.150 e. The Morgan fingerprint density at radius 1 is 0.833 bits per heavy atom. The molecule has 17 heteroatoms. The molecule has 0 saturated carbocycles. The fraction of sp³-hybridized carbons (Fsp3) is 0.162. The first-order valence-electron chi connectivity index (χ1n) is 15.7. The fourth-order valence-electron chi connectivity index (χ4n) is 4.96. The maximum absolute atomic E-state index is 9.90. The Balaban J connectivity index is 0.000000227. The SMILES string of the molecule is C.CC(C)(O)COc1ccc(-c2cn(-c3ccccc3)c3ncnc(Cl)c23)cc1C#N.Clc1ncnc2c1c(I)cn2-c1ccccc1.PPC(P)(P)P. The summed E-state index contributed by atoms with van der Waals surface area (Å²) in [7, 11) is 11.7. The standard InChI is InChI=1S/C23H19ClN4O2.C12H7ClIN3.CH9P5.CH4/c1-23(2,29)13-30-19-9-8-15(10-16(19)11-25)18-12-28(17-6-4-3-5-7-17)22-20(18)21(24)26-14-27-22;13-11-10-9(14)6-17(12(10)16-7-15-11)8-4-2-1-3-5-8;2-1(3,4)6-5;/h3-10,12,14,29H,13H2,1-2H3;1-7H;6H,2-5H2;1H4. The van der Waals surface area contributed by atoms with Crippen LogP contribution < -0.4 is 4.74 Å². The number of nitrogens with zero attached hydrogens (tertiary/aromatic N) is 7. The van der Waals surface area contributed by atoms with Gasteiger partial charge in [0.05, 0.1) is 21.9 Å². The lowest BCUT2D eigenvalue weighted by atomic mass is 10.0. The van der Waals surface area contributed by atoms with Gasteiger partial charge < -0.3 is 19.0 Å². The van der Waals surface area contributed by atoms with Gasteiger partial charge in [-0.25, -0.2) is 19.9 Å². The van der Waals surface area contributed by atoms with Crippen LogP contribution in [0.4, 0.5) is 0 Å². The molecule has 0 aliphatic heterocycles.